The molecule has 0 bridgehead atoms. The van der Waals surface area contributed by atoms with Crippen molar-refractivity contribution in [1.29, 1.82) is 0 Å². The zero-order valence-electron chi connectivity index (χ0n) is 14.5. The lowest BCUT2D eigenvalue weighted by molar-refractivity contribution is -0.146. The molecule has 0 radical (unpaired) electrons. The van der Waals surface area contributed by atoms with Crippen LogP contribution in [0.1, 0.15) is 83.5 Å². The first kappa shape index (κ1) is 19.7. The van der Waals surface area contributed by atoms with E-state index in [2.05, 4.69) is 11.9 Å². The van der Waals surface area contributed by atoms with Crippen LogP contribution >= 0.6 is 0 Å². The fourth-order valence-electron chi connectivity index (χ4n) is 2.87. The van der Waals surface area contributed by atoms with Crippen LogP contribution in [0.3, 0.4) is 0 Å². The molecule has 1 atom stereocenters. The summed E-state index contributed by atoms with van der Waals surface area (Å²) in [7, 11) is 0. The highest BCUT2D eigenvalue weighted by atomic mass is 16.5. The fourth-order valence-corrected chi connectivity index (χ4v) is 2.87. The second kappa shape index (κ2) is 13.1. The minimum absolute atomic E-state index is 0.0485. The molecule has 0 spiro atoms. The lowest BCUT2D eigenvalue weighted by Crippen LogP contribution is -2.34. The van der Waals surface area contributed by atoms with Crippen LogP contribution in [-0.2, 0) is 14.3 Å². The summed E-state index contributed by atoms with van der Waals surface area (Å²) >= 11 is 0. The van der Waals surface area contributed by atoms with Crippen LogP contribution in [-0.4, -0.2) is 24.5 Å². The highest BCUT2D eigenvalue weighted by Crippen LogP contribution is 2.12. The Morgan fingerprint density at radius 1 is 1.04 bits per heavy atom. The molecule has 4 heteroatoms. The van der Waals surface area contributed by atoms with Gasteiger partial charge in [-0.15, -0.1) is 6.58 Å². The summed E-state index contributed by atoms with van der Waals surface area (Å²) in [5.74, 6) is -0.319. The van der Waals surface area contributed by atoms with E-state index in [4.69, 9.17) is 4.74 Å². The molecule has 1 fully saturated rings. The van der Waals surface area contributed by atoms with Crippen LogP contribution in [0.25, 0.3) is 0 Å². The number of allylic oxidation sites excluding steroid dienone is 1. The molecule has 1 N–H and O–H groups in total. The lowest BCUT2D eigenvalue weighted by Gasteiger charge is -2.09. The average molecular weight is 323 g/mol. The number of hydrogen-bond acceptors (Lipinski definition) is 3. The van der Waals surface area contributed by atoms with E-state index in [1.807, 2.05) is 6.08 Å². The van der Waals surface area contributed by atoms with Gasteiger partial charge in [-0.05, 0) is 25.7 Å². The number of unbranched alkanes of at least 4 members (excludes halogenated alkanes) is 10. The zero-order chi connectivity index (χ0) is 16.8. The van der Waals surface area contributed by atoms with Gasteiger partial charge in [-0.1, -0.05) is 57.4 Å². The Labute approximate surface area is 141 Å². The van der Waals surface area contributed by atoms with E-state index in [0.29, 0.717) is 19.4 Å². The van der Waals surface area contributed by atoms with Crippen molar-refractivity contribution in [2.75, 3.05) is 6.61 Å². The fraction of sp³-hybridized carbons (Fsp3) is 0.789. The predicted molar refractivity (Wildman–Crippen MR) is 93.1 cm³/mol. The molecule has 132 valence electrons. The van der Waals surface area contributed by atoms with Gasteiger partial charge in [-0.25, -0.2) is 4.79 Å². The van der Waals surface area contributed by atoms with Crippen LogP contribution < -0.4 is 5.32 Å². The predicted octanol–water partition coefficient (Wildman–Crippen LogP) is 4.29. The Kier molecular flexibility index (Phi) is 11.3. The maximum absolute atomic E-state index is 11.6. The van der Waals surface area contributed by atoms with E-state index in [1.54, 1.807) is 0 Å². The second-order valence-corrected chi connectivity index (χ2v) is 6.44. The molecule has 0 aliphatic carbocycles. The van der Waals surface area contributed by atoms with Crippen LogP contribution in [0.15, 0.2) is 12.7 Å². The molecule has 0 aromatic rings. The van der Waals surface area contributed by atoms with E-state index in [-0.39, 0.29) is 11.9 Å². The molecule has 0 saturated carbocycles. The van der Waals surface area contributed by atoms with Crippen LogP contribution in [0.4, 0.5) is 0 Å². The Hall–Kier alpha value is -1.32. The molecule has 0 unspecified atom stereocenters. The normalized spacial score (nSPS) is 17.0. The molecular formula is C19H33NO3. The quantitative estimate of drug-likeness (QED) is 0.295. The van der Waals surface area contributed by atoms with Crippen molar-refractivity contribution in [3.05, 3.63) is 12.7 Å². The molecule has 1 aliphatic heterocycles. The third kappa shape index (κ3) is 10.1. The van der Waals surface area contributed by atoms with E-state index in [9.17, 15) is 9.59 Å². The molecule has 1 saturated heterocycles. The Morgan fingerprint density at radius 3 is 2.13 bits per heavy atom. The van der Waals surface area contributed by atoms with Crippen LogP contribution in [0.5, 0.6) is 0 Å². The van der Waals surface area contributed by atoms with Crippen molar-refractivity contribution in [1.82, 2.24) is 5.32 Å². The number of amides is 1. The number of carbonyl (C=O) groups is 2. The van der Waals surface area contributed by atoms with Crippen molar-refractivity contribution < 1.29 is 14.3 Å². The molecular weight excluding hydrogens is 290 g/mol. The highest BCUT2D eigenvalue weighted by molar-refractivity contribution is 5.87. The van der Waals surface area contributed by atoms with E-state index < -0.39 is 6.04 Å². The lowest BCUT2D eigenvalue weighted by atomic mass is 10.1. The summed E-state index contributed by atoms with van der Waals surface area (Å²) in [4.78, 5) is 22.7. The third-order valence-corrected chi connectivity index (χ3v) is 4.33. The first-order chi connectivity index (χ1) is 11.2. The summed E-state index contributed by atoms with van der Waals surface area (Å²) in [5, 5.41) is 2.63. The molecule has 1 aliphatic rings. The molecule has 23 heavy (non-hydrogen) atoms. The Bertz CT molecular complexity index is 355. The summed E-state index contributed by atoms with van der Waals surface area (Å²) < 4.78 is 5.21. The number of carbonyl (C=O) groups excluding carboxylic acids is 2. The van der Waals surface area contributed by atoms with Crippen molar-refractivity contribution in [2.45, 2.75) is 89.5 Å². The number of hydrogen-bond donors (Lipinski definition) is 1. The van der Waals surface area contributed by atoms with Gasteiger partial charge >= 0.3 is 5.97 Å². The molecule has 0 aromatic carbocycles. The Balaban J connectivity index is 1.78. The van der Waals surface area contributed by atoms with Crippen molar-refractivity contribution in [3.8, 4) is 0 Å². The second-order valence-electron chi connectivity index (χ2n) is 6.44. The van der Waals surface area contributed by atoms with Gasteiger partial charge in [-0.2, -0.15) is 0 Å². The van der Waals surface area contributed by atoms with E-state index in [0.717, 1.165) is 19.3 Å². The summed E-state index contributed by atoms with van der Waals surface area (Å²) in [6.07, 6.45) is 16.7. The molecule has 4 nitrogen and oxygen atoms in total. The molecule has 1 amide bonds. The Morgan fingerprint density at radius 2 is 1.61 bits per heavy atom. The van der Waals surface area contributed by atoms with Gasteiger partial charge in [0.05, 0.1) is 6.61 Å². The maximum Gasteiger partial charge on any atom is 0.328 e. The third-order valence-electron chi connectivity index (χ3n) is 4.33. The summed E-state index contributed by atoms with van der Waals surface area (Å²) in [6, 6.07) is -0.408. The topological polar surface area (TPSA) is 55.4 Å². The first-order valence-corrected chi connectivity index (χ1v) is 9.31. The monoisotopic (exact) mass is 323 g/mol. The average Bonchev–Trinajstić information content (AvgIpc) is 2.98. The van der Waals surface area contributed by atoms with Crippen LogP contribution in [0.2, 0.25) is 0 Å². The molecule has 0 aromatic heterocycles. The van der Waals surface area contributed by atoms with E-state index in [1.165, 1.54) is 51.4 Å². The summed E-state index contributed by atoms with van der Waals surface area (Å²) in [6.45, 7) is 4.22. The minimum atomic E-state index is -0.408. The highest BCUT2D eigenvalue weighted by Gasteiger charge is 2.28. The van der Waals surface area contributed by atoms with Gasteiger partial charge in [0.2, 0.25) is 5.91 Å². The number of esters is 1. The number of ether oxygens (including phenoxy) is 1. The van der Waals surface area contributed by atoms with Gasteiger partial charge in [-0.3, -0.25) is 4.79 Å². The van der Waals surface area contributed by atoms with Gasteiger partial charge < -0.3 is 10.1 Å². The zero-order valence-corrected chi connectivity index (χ0v) is 14.5. The van der Waals surface area contributed by atoms with Gasteiger partial charge in [0.25, 0.3) is 0 Å². The number of nitrogens with one attached hydrogen (secondary N) is 1. The molecule has 1 heterocycles. The SMILES string of the molecule is C=CCCCCCCCCCCCCOC(=O)[C@@H]1CCC(=O)N1. The smallest absolute Gasteiger partial charge is 0.328 e. The van der Waals surface area contributed by atoms with Gasteiger partial charge in [0.1, 0.15) is 6.04 Å². The van der Waals surface area contributed by atoms with Crippen molar-refractivity contribution >= 4 is 11.9 Å². The first-order valence-electron chi connectivity index (χ1n) is 9.31. The van der Waals surface area contributed by atoms with E-state index >= 15 is 0 Å². The minimum Gasteiger partial charge on any atom is -0.464 e. The number of rotatable bonds is 14. The van der Waals surface area contributed by atoms with Gasteiger partial charge in [0, 0.05) is 6.42 Å². The largest absolute Gasteiger partial charge is 0.464 e. The molecule has 1 rings (SSSR count). The summed E-state index contributed by atoms with van der Waals surface area (Å²) in [5.41, 5.74) is 0. The van der Waals surface area contributed by atoms with Crippen molar-refractivity contribution in [2.24, 2.45) is 0 Å². The van der Waals surface area contributed by atoms with Gasteiger partial charge in [0.15, 0.2) is 0 Å². The maximum atomic E-state index is 11.6. The standard InChI is InChI=1S/C19H33NO3/c1-2-3-4-5-6-7-8-9-10-11-12-13-16-23-19(22)17-14-15-18(21)20-17/h2,17H,1,3-16H2,(H,20,21)/t17-/m0/s1. The van der Waals surface area contributed by atoms with Crippen LogP contribution in [0, 0.1) is 0 Å². The van der Waals surface area contributed by atoms with Crippen molar-refractivity contribution in [3.63, 3.8) is 0 Å².